The van der Waals surface area contributed by atoms with Gasteiger partial charge in [-0.25, -0.2) is 53.9 Å². The minimum atomic E-state index is -0.386. The van der Waals surface area contributed by atoms with Gasteiger partial charge in [0, 0.05) is 179 Å². The molecule has 21 rings (SSSR count). The second kappa shape index (κ2) is 44.8. The van der Waals surface area contributed by atoms with Crippen LogP contribution in [0.15, 0.2) is 282 Å². The van der Waals surface area contributed by atoms with Crippen LogP contribution in [-0.2, 0) is 40.6 Å². The third-order valence-corrected chi connectivity index (χ3v) is 27.7. The van der Waals surface area contributed by atoms with Crippen LogP contribution in [0, 0.1) is 60.2 Å². The van der Waals surface area contributed by atoms with Gasteiger partial charge < -0.3 is 39.9 Å². The van der Waals surface area contributed by atoms with Gasteiger partial charge in [-0.15, -0.1) is 34.0 Å². The van der Waals surface area contributed by atoms with Crippen molar-refractivity contribution in [2.24, 2.45) is 0 Å². The zero-order chi connectivity index (χ0) is 93.0. The molecule has 16 aromatic heterocycles. The lowest BCUT2D eigenvalue weighted by Gasteiger charge is -2.02. The standard InChI is InChI=1S/C14H11FN2OS2.C14H12N2OS2.C13H11FN4OS.C13H12N4OS.C12H11N5OS.C11H11N5OS.C11H10N4OS2/c1-8-6-12(18)17-14(16-8)19-7-11-13(15)9-4-2-3-5-10(9)20-11;1-9-6-13(17)16-14(15-9)18-8-11-7-10-4-2-3-5-12(10)19-11;1-8-6-11(19)16-13(15-8)20-7-18-12(14)9-4-2-3-5-10(9)17-18;1-9-6-12(18)15-13(14-9)19-8-17-7-10-4-2-3-5-11(10)16-17;1-8-6-11(18)14-12(13-8)19-7-17-15-9-4-2-3-5-10(9)16-17;1-7-4-9(17)15-11(13-7)18-6-8-5-16-3-2-12-10(16)14-8;1-7-4-9(16)14-10(12-7)18-6-8-5-15-2-3-17-11(15)13-8/h2-6H,7H2,1H3,(H,16,17,18);2-7H,8H2,1H3,(H,15,16,17);2-6H,7H2,1H3,(H,15,16,19);2-7H,8H2,1H3,(H,14,15,18);2-6H,7H2,1H3,(H,13,14,18);2-5H,6H2,1H3,(H,12,14)(H,13,15,17);2-5H,6H2,1H3,(H,12,14,16). The molecular weight excluding hydrogens is 1890 g/mol. The number of nitrogens with zero attached hydrogens (tertiary/aromatic N) is 18. The highest BCUT2D eigenvalue weighted by Crippen LogP contribution is 2.35. The van der Waals surface area contributed by atoms with Crippen LogP contribution in [0.5, 0.6) is 0 Å². The number of imidazole rings is 3. The van der Waals surface area contributed by atoms with E-state index in [-0.39, 0.29) is 56.6 Å². The minimum Gasteiger partial charge on any atom is -0.327 e. The van der Waals surface area contributed by atoms with Gasteiger partial charge in [0.15, 0.2) is 41.1 Å². The van der Waals surface area contributed by atoms with Crippen molar-refractivity contribution in [1.82, 2.24) is 128 Å². The molecule has 21 aromatic rings. The Morgan fingerprint density at radius 2 is 0.812 bits per heavy atom. The number of H-pyrrole nitrogens is 8. The van der Waals surface area contributed by atoms with E-state index in [4.69, 9.17) is 0 Å². The molecule has 0 amide bonds. The summed E-state index contributed by atoms with van der Waals surface area (Å²) in [5, 5.41) is 26.9. The number of thiophene rings is 2. The number of thiazole rings is 1. The predicted octanol–water partition coefficient (Wildman–Crippen LogP) is 16.8. The fraction of sp³-hybridized carbons (Fsp3) is 0.159. The maximum atomic E-state index is 14.2. The molecule has 676 valence electrons. The Bertz CT molecular complexity index is 7360. The van der Waals surface area contributed by atoms with E-state index in [1.807, 2.05) is 156 Å². The Morgan fingerprint density at radius 3 is 1.31 bits per heavy atom. The first kappa shape index (κ1) is 94.4. The third kappa shape index (κ3) is 27.0. The van der Waals surface area contributed by atoms with Crippen LogP contribution in [0.25, 0.3) is 63.8 Å². The van der Waals surface area contributed by atoms with Crippen molar-refractivity contribution in [2.45, 2.75) is 125 Å². The molecule has 0 saturated carbocycles. The highest BCUT2D eigenvalue weighted by Gasteiger charge is 2.17. The Hall–Kier alpha value is -13.3. The number of nitrogens with one attached hydrogen (secondary N) is 8. The Kier molecular flexibility index (Phi) is 31.8. The number of hydrogen-bond acceptors (Lipinski definition) is 30. The van der Waals surface area contributed by atoms with Crippen molar-refractivity contribution in [3.05, 3.63) is 358 Å². The molecule has 0 aliphatic rings. The maximum absolute atomic E-state index is 14.2. The highest BCUT2D eigenvalue weighted by molar-refractivity contribution is 7.99. The van der Waals surface area contributed by atoms with E-state index >= 15 is 0 Å². The van der Waals surface area contributed by atoms with Crippen LogP contribution in [-0.4, -0.2) is 128 Å². The lowest BCUT2D eigenvalue weighted by molar-refractivity contribution is 0.507. The van der Waals surface area contributed by atoms with E-state index in [0.717, 1.165) is 77.3 Å². The molecule has 0 radical (unpaired) electrons. The van der Waals surface area contributed by atoms with E-state index in [1.54, 1.807) is 90.5 Å². The van der Waals surface area contributed by atoms with Gasteiger partial charge in [0.05, 0.1) is 38.7 Å². The molecule has 0 unspecified atom stereocenters. The SMILES string of the molecule is Cc1cc(=O)[nH]c(SCc2cc3ccccc3s2)n1.Cc1cc(=O)[nH]c(SCc2cn3ccnc3[nH]2)n1.Cc1cc(=O)[nH]c(SCc2cn3ccsc3n2)n1.Cc1cc(=O)[nH]c(SCc2sc3ccccc3c2F)n1.Cc1cc(=O)[nH]c(SCn2cc3ccccc3n2)n1.Cc1cc(=O)[nH]c(SCn2nc3ccccc3c2F)n1.Cc1cc(=O)[nH]c(SCn2nc3ccccc3n2)n1. The van der Waals surface area contributed by atoms with Crippen molar-refractivity contribution in [2.75, 3.05) is 0 Å². The second-order valence-electron chi connectivity index (χ2n) is 28.8. The van der Waals surface area contributed by atoms with Crippen molar-refractivity contribution in [3.63, 3.8) is 0 Å². The van der Waals surface area contributed by atoms with Crippen LogP contribution in [0.4, 0.5) is 8.78 Å². The molecule has 0 bridgehead atoms. The highest BCUT2D eigenvalue weighted by atomic mass is 32.2. The normalized spacial score (nSPS) is 11.1. The first-order valence-electron chi connectivity index (χ1n) is 40.1. The molecule has 8 N–H and O–H groups in total. The van der Waals surface area contributed by atoms with Crippen LogP contribution < -0.4 is 38.9 Å². The molecular formula is C88H78F2N26O7S10. The lowest BCUT2D eigenvalue weighted by atomic mass is 10.2. The van der Waals surface area contributed by atoms with Crippen molar-refractivity contribution >= 4 is 180 Å². The van der Waals surface area contributed by atoms with E-state index in [2.05, 4.69) is 129 Å². The fourth-order valence-electron chi connectivity index (χ4n) is 12.5. The van der Waals surface area contributed by atoms with Crippen LogP contribution in [0.3, 0.4) is 0 Å². The number of fused-ring (bicyclic) bond motifs is 7. The number of aromatic nitrogens is 26. The monoisotopic (exact) mass is 1970 g/mol. The van der Waals surface area contributed by atoms with Gasteiger partial charge in [0.1, 0.15) is 22.7 Å². The minimum absolute atomic E-state index is 0.0914. The van der Waals surface area contributed by atoms with Crippen molar-refractivity contribution in [1.29, 1.82) is 0 Å². The van der Waals surface area contributed by atoms with Crippen molar-refractivity contribution < 1.29 is 8.78 Å². The summed E-state index contributed by atoms with van der Waals surface area (Å²) in [6.07, 6.45) is 11.6. The number of thioether (sulfide) groups is 7. The largest absolute Gasteiger partial charge is 0.327 e. The molecule has 0 saturated heterocycles. The summed E-state index contributed by atoms with van der Waals surface area (Å²) in [5.74, 6) is 4.29. The molecule has 133 heavy (non-hydrogen) atoms. The topological polar surface area (TPSA) is 437 Å². The number of aromatic amines is 8. The number of rotatable bonds is 21. The zero-order valence-corrected chi connectivity index (χ0v) is 79.6. The summed E-state index contributed by atoms with van der Waals surface area (Å²) < 4.78 is 37.5. The number of benzene rings is 5. The quantitative estimate of drug-likeness (QED) is 0.0245. The van der Waals surface area contributed by atoms with Gasteiger partial charge in [0.2, 0.25) is 11.7 Å². The molecule has 33 nitrogen and oxygen atoms in total. The Labute approximate surface area is 793 Å². The predicted molar refractivity (Wildman–Crippen MR) is 526 cm³/mol. The molecule has 0 fully saturated rings. The summed E-state index contributed by atoms with van der Waals surface area (Å²) in [4.78, 5) is 144. The molecule has 45 heteroatoms. The number of hydrogen-bond donors (Lipinski definition) is 8. The number of halogens is 2. The van der Waals surface area contributed by atoms with Gasteiger partial charge in [-0.05, 0) is 102 Å². The van der Waals surface area contributed by atoms with Crippen LogP contribution in [0.2, 0.25) is 0 Å². The van der Waals surface area contributed by atoms with E-state index in [9.17, 15) is 42.3 Å². The average Bonchev–Trinajstić information content (AvgIpc) is 1.69. The van der Waals surface area contributed by atoms with Crippen LogP contribution >= 0.6 is 116 Å². The Balaban J connectivity index is 0.000000119. The third-order valence-electron chi connectivity index (χ3n) is 18.1. The Morgan fingerprint density at radius 1 is 0.368 bits per heavy atom. The van der Waals surface area contributed by atoms with Gasteiger partial charge >= 0.3 is 0 Å². The number of aryl methyl sites for hydroxylation is 7. The maximum Gasteiger partial charge on any atom is 0.251 e. The van der Waals surface area contributed by atoms with Crippen LogP contribution in [0.1, 0.15) is 61.0 Å². The first-order chi connectivity index (χ1) is 64.3. The molecule has 0 atom stereocenters. The van der Waals surface area contributed by atoms with Crippen molar-refractivity contribution in [3.8, 4) is 0 Å². The summed E-state index contributed by atoms with van der Waals surface area (Å²) in [7, 11) is 0. The average molecular weight is 1970 g/mol. The van der Waals surface area contributed by atoms with E-state index in [0.29, 0.717) is 103 Å². The summed E-state index contributed by atoms with van der Waals surface area (Å²) in [5.41, 5.74) is 9.22. The summed E-state index contributed by atoms with van der Waals surface area (Å²) in [6, 6.07) is 50.8. The summed E-state index contributed by atoms with van der Waals surface area (Å²) in [6.45, 7) is 12.6. The molecule has 5 aromatic carbocycles. The molecule has 0 aliphatic heterocycles. The molecule has 16 heterocycles. The smallest absolute Gasteiger partial charge is 0.251 e. The zero-order valence-electron chi connectivity index (χ0n) is 71.4. The van der Waals surface area contributed by atoms with E-state index < -0.39 is 0 Å². The van der Waals surface area contributed by atoms with Gasteiger partial charge in [-0.1, -0.05) is 161 Å². The molecule has 0 spiro atoms. The first-order valence-corrected chi connectivity index (χ1v) is 49.5. The second-order valence-corrected chi connectivity index (χ2v) is 38.6. The lowest BCUT2D eigenvalue weighted by Crippen LogP contribution is -2.09. The molecule has 0 aliphatic carbocycles. The van der Waals surface area contributed by atoms with Gasteiger partial charge in [-0.3, -0.25) is 47.0 Å². The fourth-order valence-corrected chi connectivity index (χ4v) is 21.2. The van der Waals surface area contributed by atoms with Gasteiger partial charge in [-0.2, -0.15) is 29.6 Å². The van der Waals surface area contributed by atoms with E-state index in [1.165, 1.54) is 144 Å². The van der Waals surface area contributed by atoms with Gasteiger partial charge in [0.25, 0.3) is 38.9 Å². The summed E-state index contributed by atoms with van der Waals surface area (Å²) >= 11 is 14.7.